The van der Waals surface area contributed by atoms with Gasteiger partial charge in [-0.3, -0.25) is 9.59 Å². The van der Waals surface area contributed by atoms with Gasteiger partial charge in [0.05, 0.1) is 17.6 Å². The van der Waals surface area contributed by atoms with E-state index in [0.29, 0.717) is 18.8 Å². The summed E-state index contributed by atoms with van der Waals surface area (Å²) in [7, 11) is 0. The lowest BCUT2D eigenvalue weighted by Crippen LogP contribution is -2.31. The molecule has 1 aliphatic carbocycles. The average molecular weight is 334 g/mol. The van der Waals surface area contributed by atoms with Gasteiger partial charge in [0.25, 0.3) is 0 Å². The van der Waals surface area contributed by atoms with E-state index in [4.69, 9.17) is 4.74 Å². The smallest absolute Gasteiger partial charge is 0.309 e. The van der Waals surface area contributed by atoms with E-state index in [9.17, 15) is 14.7 Å². The lowest BCUT2D eigenvalue weighted by atomic mass is 9.82. The third-order valence-corrected chi connectivity index (χ3v) is 5.57. The van der Waals surface area contributed by atoms with E-state index >= 15 is 0 Å². The zero-order chi connectivity index (χ0) is 17.7. The van der Waals surface area contributed by atoms with Gasteiger partial charge < -0.3 is 9.84 Å². The zero-order valence-corrected chi connectivity index (χ0v) is 15.1. The standard InChI is InChI=1S/C20H30O4/c1-14-6-4-7-15(13-21)8-5-9-17(19(22)23)18-12-16(11-10-14)20(2,3)24-18/h6,8,13,16-18H,4-5,7,9-12H2,1-3H3,(H,22,23). The lowest BCUT2D eigenvalue weighted by Gasteiger charge is -2.27. The molecule has 2 bridgehead atoms. The number of aldehydes is 1. The highest BCUT2D eigenvalue weighted by atomic mass is 16.5. The van der Waals surface area contributed by atoms with Crippen molar-refractivity contribution in [3.05, 3.63) is 23.3 Å². The van der Waals surface area contributed by atoms with Gasteiger partial charge in [0.1, 0.15) is 6.29 Å². The van der Waals surface area contributed by atoms with Crippen LogP contribution in [0.25, 0.3) is 0 Å². The molecular weight excluding hydrogens is 304 g/mol. The molecule has 0 radical (unpaired) electrons. The molecule has 24 heavy (non-hydrogen) atoms. The summed E-state index contributed by atoms with van der Waals surface area (Å²) in [6, 6.07) is 0. The molecular formula is C20H30O4. The van der Waals surface area contributed by atoms with Crippen LogP contribution in [0.5, 0.6) is 0 Å². The van der Waals surface area contributed by atoms with Crippen molar-refractivity contribution >= 4 is 12.3 Å². The number of carboxylic acids is 1. The number of aliphatic carboxylic acids is 1. The van der Waals surface area contributed by atoms with Crippen LogP contribution in [0.2, 0.25) is 0 Å². The normalized spacial score (nSPS) is 31.5. The van der Waals surface area contributed by atoms with Crippen LogP contribution < -0.4 is 0 Å². The third kappa shape index (κ3) is 4.79. The van der Waals surface area contributed by atoms with Crippen molar-refractivity contribution in [1.29, 1.82) is 0 Å². The van der Waals surface area contributed by atoms with Gasteiger partial charge in [-0.25, -0.2) is 0 Å². The fraction of sp³-hybridized carbons (Fsp3) is 0.700. The predicted octanol–water partition coefficient (Wildman–Crippen LogP) is 4.30. The summed E-state index contributed by atoms with van der Waals surface area (Å²) in [5, 5.41) is 9.62. The topological polar surface area (TPSA) is 63.6 Å². The van der Waals surface area contributed by atoms with E-state index in [1.54, 1.807) is 0 Å². The Morgan fingerprint density at radius 3 is 2.67 bits per heavy atom. The number of ether oxygens (including phenoxy) is 1. The van der Waals surface area contributed by atoms with Crippen LogP contribution in [-0.4, -0.2) is 29.1 Å². The average Bonchev–Trinajstić information content (AvgIpc) is 2.80. The maximum Gasteiger partial charge on any atom is 0.309 e. The molecule has 1 saturated heterocycles. The highest BCUT2D eigenvalue weighted by molar-refractivity contribution is 5.73. The maximum absolute atomic E-state index is 11.7. The molecule has 4 nitrogen and oxygen atoms in total. The Morgan fingerprint density at radius 1 is 1.25 bits per heavy atom. The molecule has 1 heterocycles. The number of carboxylic acid groups (broad SMARTS) is 1. The molecule has 3 atom stereocenters. The molecule has 0 saturated carbocycles. The molecule has 0 aromatic heterocycles. The van der Waals surface area contributed by atoms with Crippen molar-refractivity contribution in [2.24, 2.45) is 11.8 Å². The van der Waals surface area contributed by atoms with Crippen molar-refractivity contribution in [3.63, 3.8) is 0 Å². The molecule has 3 unspecified atom stereocenters. The molecule has 0 aromatic rings. The molecule has 2 rings (SSSR count). The molecule has 0 aromatic carbocycles. The minimum absolute atomic E-state index is 0.234. The van der Waals surface area contributed by atoms with Crippen LogP contribution in [0, 0.1) is 11.8 Å². The minimum Gasteiger partial charge on any atom is -0.481 e. The van der Waals surface area contributed by atoms with Gasteiger partial charge in [0.2, 0.25) is 0 Å². The van der Waals surface area contributed by atoms with Gasteiger partial charge in [0, 0.05) is 0 Å². The van der Waals surface area contributed by atoms with E-state index in [-0.39, 0.29) is 11.7 Å². The fourth-order valence-corrected chi connectivity index (χ4v) is 3.93. The second-order valence-corrected chi connectivity index (χ2v) is 7.74. The Bertz CT molecular complexity index is 530. The van der Waals surface area contributed by atoms with Crippen LogP contribution in [0.4, 0.5) is 0 Å². The predicted molar refractivity (Wildman–Crippen MR) is 93.8 cm³/mol. The monoisotopic (exact) mass is 334 g/mol. The second kappa shape index (κ2) is 8.11. The van der Waals surface area contributed by atoms with E-state index in [1.807, 2.05) is 6.08 Å². The second-order valence-electron chi connectivity index (χ2n) is 7.74. The van der Waals surface area contributed by atoms with Crippen LogP contribution in [0.1, 0.15) is 65.7 Å². The van der Waals surface area contributed by atoms with Crippen LogP contribution >= 0.6 is 0 Å². The van der Waals surface area contributed by atoms with E-state index < -0.39 is 11.9 Å². The summed E-state index contributed by atoms with van der Waals surface area (Å²) in [4.78, 5) is 22.9. The van der Waals surface area contributed by atoms with Crippen molar-refractivity contribution in [2.45, 2.75) is 77.4 Å². The summed E-state index contributed by atoms with van der Waals surface area (Å²) in [6.45, 7) is 6.30. The van der Waals surface area contributed by atoms with Crippen molar-refractivity contribution < 1.29 is 19.4 Å². The molecule has 0 spiro atoms. The SMILES string of the molecule is CC1=CCCC(C=O)=CCCC(C(=O)O)C2CC(CC1)C(C)(C)O2. The fourth-order valence-electron chi connectivity index (χ4n) is 3.93. The number of allylic oxidation sites excluding steroid dienone is 4. The van der Waals surface area contributed by atoms with Crippen molar-refractivity contribution in [3.8, 4) is 0 Å². The molecule has 134 valence electrons. The maximum atomic E-state index is 11.7. The molecule has 2 aliphatic rings. The Kier molecular flexibility index (Phi) is 6.39. The van der Waals surface area contributed by atoms with Crippen molar-refractivity contribution in [1.82, 2.24) is 0 Å². The molecule has 1 aliphatic heterocycles. The Balaban J connectivity index is 2.22. The number of fused-ring (bicyclic) bond motifs is 2. The Hall–Kier alpha value is -1.42. The Morgan fingerprint density at radius 2 is 2.00 bits per heavy atom. The van der Waals surface area contributed by atoms with E-state index in [1.165, 1.54) is 5.57 Å². The van der Waals surface area contributed by atoms with Gasteiger partial charge in [-0.15, -0.1) is 0 Å². The number of hydrogen-bond donors (Lipinski definition) is 1. The number of hydrogen-bond acceptors (Lipinski definition) is 3. The first kappa shape index (κ1) is 18.9. The molecule has 4 heteroatoms. The summed E-state index contributed by atoms with van der Waals surface area (Å²) >= 11 is 0. The molecule has 1 fully saturated rings. The first-order valence-corrected chi connectivity index (χ1v) is 9.04. The van der Waals surface area contributed by atoms with Gasteiger partial charge >= 0.3 is 5.97 Å². The third-order valence-electron chi connectivity index (χ3n) is 5.57. The van der Waals surface area contributed by atoms with Crippen molar-refractivity contribution in [2.75, 3.05) is 0 Å². The highest BCUT2D eigenvalue weighted by Crippen LogP contribution is 2.42. The van der Waals surface area contributed by atoms with Gasteiger partial charge in [0.15, 0.2) is 0 Å². The number of rotatable bonds is 2. The first-order chi connectivity index (χ1) is 11.3. The van der Waals surface area contributed by atoms with E-state index in [2.05, 4.69) is 26.8 Å². The number of carbonyl (C=O) groups excluding carboxylic acids is 1. The van der Waals surface area contributed by atoms with Crippen LogP contribution in [0.15, 0.2) is 23.3 Å². The molecule has 0 amide bonds. The zero-order valence-electron chi connectivity index (χ0n) is 15.1. The van der Waals surface area contributed by atoms with Gasteiger partial charge in [-0.2, -0.15) is 0 Å². The largest absolute Gasteiger partial charge is 0.481 e. The summed E-state index contributed by atoms with van der Waals surface area (Å²) in [6.07, 6.45) is 10.3. The van der Waals surface area contributed by atoms with Gasteiger partial charge in [-0.05, 0) is 77.2 Å². The minimum atomic E-state index is -0.791. The van der Waals surface area contributed by atoms with Crippen LogP contribution in [0.3, 0.4) is 0 Å². The highest BCUT2D eigenvalue weighted by Gasteiger charge is 2.45. The van der Waals surface area contributed by atoms with E-state index in [0.717, 1.165) is 44.0 Å². The summed E-state index contributed by atoms with van der Waals surface area (Å²) in [5.41, 5.74) is 1.83. The number of carbonyl (C=O) groups is 2. The van der Waals surface area contributed by atoms with Crippen LogP contribution in [-0.2, 0) is 14.3 Å². The summed E-state index contributed by atoms with van der Waals surface area (Å²) in [5.74, 6) is -0.907. The Labute approximate surface area is 145 Å². The molecule has 1 N–H and O–H groups in total. The lowest BCUT2D eigenvalue weighted by molar-refractivity contribution is -0.149. The summed E-state index contributed by atoms with van der Waals surface area (Å²) < 4.78 is 6.16. The quantitative estimate of drug-likeness (QED) is 0.604. The van der Waals surface area contributed by atoms with Gasteiger partial charge in [-0.1, -0.05) is 17.7 Å². The first-order valence-electron chi connectivity index (χ1n) is 9.04.